The molecule has 0 saturated heterocycles. The Morgan fingerprint density at radius 3 is 2.16 bits per heavy atom. The summed E-state index contributed by atoms with van der Waals surface area (Å²) in [7, 11) is 0. The van der Waals surface area contributed by atoms with Crippen molar-refractivity contribution in [3.8, 4) is 28.4 Å². The first kappa shape index (κ1) is 25.3. The maximum Gasteiger partial charge on any atom is 0.453 e. The summed E-state index contributed by atoms with van der Waals surface area (Å²) in [6.45, 7) is 0. The van der Waals surface area contributed by atoms with Crippen LogP contribution >= 0.6 is 15.9 Å². The second-order valence-electron chi connectivity index (χ2n) is 8.11. The normalized spacial score (nSPS) is 11.4. The van der Waals surface area contributed by atoms with Crippen molar-refractivity contribution in [2.24, 2.45) is 0 Å². The predicted octanol–water partition coefficient (Wildman–Crippen LogP) is 8.25. The van der Waals surface area contributed by atoms with Gasteiger partial charge in [-0.05, 0) is 63.5 Å². The number of para-hydroxylation sites is 1. The van der Waals surface area contributed by atoms with Crippen molar-refractivity contribution in [2.45, 2.75) is 6.18 Å². The zero-order valence-electron chi connectivity index (χ0n) is 19.3. The first-order valence-corrected chi connectivity index (χ1v) is 12.0. The standard InChI is InChI=1S/C29H16BrF3O5/c30-22-8-4-5-9-23(22)37-26-25(34)21-15-14-20(16-24(21)38-27(26)29(31,32)33)36-28(35)19-12-10-18(11-13-19)17-6-2-1-3-7-17/h1-16H. The fraction of sp³-hybridized carbons (Fsp3) is 0.0345. The molecular formula is C29H16BrF3O5. The predicted molar refractivity (Wildman–Crippen MR) is 139 cm³/mol. The minimum Gasteiger partial charge on any atom is -0.448 e. The molecule has 1 heterocycles. The van der Waals surface area contributed by atoms with Crippen molar-refractivity contribution in [1.29, 1.82) is 0 Å². The number of carbonyl (C=O) groups is 1. The minimum atomic E-state index is -5.03. The van der Waals surface area contributed by atoms with E-state index in [4.69, 9.17) is 13.9 Å². The molecule has 0 bridgehead atoms. The summed E-state index contributed by atoms with van der Waals surface area (Å²) in [4.78, 5) is 25.7. The molecule has 0 saturated carbocycles. The second-order valence-corrected chi connectivity index (χ2v) is 8.96. The monoisotopic (exact) mass is 580 g/mol. The van der Waals surface area contributed by atoms with E-state index in [0.29, 0.717) is 4.47 Å². The highest BCUT2D eigenvalue weighted by Gasteiger charge is 2.40. The lowest BCUT2D eigenvalue weighted by Gasteiger charge is -2.14. The van der Waals surface area contributed by atoms with Crippen molar-refractivity contribution < 1.29 is 31.9 Å². The Kier molecular flexibility index (Phi) is 6.77. The molecule has 0 fully saturated rings. The quantitative estimate of drug-likeness (QED) is 0.155. The highest BCUT2D eigenvalue weighted by molar-refractivity contribution is 9.10. The molecule has 0 spiro atoms. The van der Waals surface area contributed by atoms with Gasteiger partial charge in [0.25, 0.3) is 5.76 Å². The van der Waals surface area contributed by atoms with E-state index in [2.05, 4.69) is 15.9 Å². The molecule has 38 heavy (non-hydrogen) atoms. The molecule has 190 valence electrons. The Labute approximate surface area is 222 Å². The van der Waals surface area contributed by atoms with E-state index >= 15 is 0 Å². The van der Waals surface area contributed by atoms with Crippen LogP contribution in [0.4, 0.5) is 13.2 Å². The van der Waals surface area contributed by atoms with Crippen LogP contribution < -0.4 is 14.9 Å². The first-order valence-electron chi connectivity index (χ1n) is 11.2. The van der Waals surface area contributed by atoms with Gasteiger partial charge in [-0.3, -0.25) is 4.79 Å². The summed E-state index contributed by atoms with van der Waals surface area (Å²) in [5.74, 6) is -3.42. The van der Waals surface area contributed by atoms with Crippen molar-refractivity contribution in [2.75, 3.05) is 0 Å². The number of hydrogen-bond acceptors (Lipinski definition) is 5. The molecule has 0 radical (unpaired) electrons. The van der Waals surface area contributed by atoms with Gasteiger partial charge < -0.3 is 13.9 Å². The maximum absolute atomic E-state index is 13.8. The molecule has 0 N–H and O–H groups in total. The first-order chi connectivity index (χ1) is 18.2. The Balaban J connectivity index is 1.46. The molecule has 0 unspecified atom stereocenters. The van der Waals surface area contributed by atoms with Crippen LogP contribution in [0.2, 0.25) is 0 Å². The summed E-state index contributed by atoms with van der Waals surface area (Å²) in [6.07, 6.45) is -5.03. The molecule has 0 aliphatic heterocycles. The SMILES string of the molecule is O=C(Oc1ccc2c(=O)c(Oc3ccccc3Br)c(C(F)(F)F)oc2c1)c1ccc(-c2ccccc2)cc1. The number of benzene rings is 4. The van der Waals surface area contributed by atoms with Gasteiger partial charge in [0.2, 0.25) is 11.2 Å². The van der Waals surface area contributed by atoms with Gasteiger partial charge in [-0.2, -0.15) is 13.2 Å². The van der Waals surface area contributed by atoms with Crippen LogP contribution in [0.25, 0.3) is 22.1 Å². The molecule has 5 nitrogen and oxygen atoms in total. The lowest BCUT2D eigenvalue weighted by Crippen LogP contribution is -2.16. The molecule has 5 aromatic rings. The van der Waals surface area contributed by atoms with E-state index < -0.39 is 34.7 Å². The number of halogens is 4. The van der Waals surface area contributed by atoms with Crippen molar-refractivity contribution in [1.82, 2.24) is 0 Å². The van der Waals surface area contributed by atoms with E-state index in [-0.39, 0.29) is 22.4 Å². The van der Waals surface area contributed by atoms with Gasteiger partial charge in [0.1, 0.15) is 17.1 Å². The van der Waals surface area contributed by atoms with E-state index in [0.717, 1.165) is 17.2 Å². The van der Waals surface area contributed by atoms with Crippen molar-refractivity contribution >= 4 is 32.9 Å². The number of ether oxygens (including phenoxy) is 2. The van der Waals surface area contributed by atoms with Crippen LogP contribution in [-0.2, 0) is 6.18 Å². The number of esters is 1. The van der Waals surface area contributed by atoms with Crippen LogP contribution in [0.5, 0.6) is 17.2 Å². The Morgan fingerprint density at radius 1 is 0.816 bits per heavy atom. The summed E-state index contributed by atoms with van der Waals surface area (Å²) in [5, 5.41) is -0.174. The Morgan fingerprint density at radius 2 is 1.47 bits per heavy atom. The number of fused-ring (bicyclic) bond motifs is 1. The topological polar surface area (TPSA) is 65.7 Å². The molecule has 0 aliphatic rings. The highest BCUT2D eigenvalue weighted by Crippen LogP contribution is 2.40. The molecule has 5 rings (SSSR count). The lowest BCUT2D eigenvalue weighted by atomic mass is 10.0. The summed E-state index contributed by atoms with van der Waals surface area (Å²) in [5.41, 5.74) is 0.671. The van der Waals surface area contributed by atoms with E-state index in [1.807, 2.05) is 30.3 Å². The average molecular weight is 581 g/mol. The third-order valence-electron chi connectivity index (χ3n) is 5.57. The van der Waals surface area contributed by atoms with Gasteiger partial charge in [0.15, 0.2) is 0 Å². The maximum atomic E-state index is 13.8. The average Bonchev–Trinajstić information content (AvgIpc) is 2.91. The molecule has 0 aliphatic carbocycles. The number of carbonyl (C=O) groups excluding carboxylic acids is 1. The fourth-order valence-electron chi connectivity index (χ4n) is 3.73. The van der Waals surface area contributed by atoms with Gasteiger partial charge in [-0.15, -0.1) is 0 Å². The van der Waals surface area contributed by atoms with Crippen molar-refractivity contribution in [3.05, 3.63) is 123 Å². The van der Waals surface area contributed by atoms with E-state index in [9.17, 15) is 22.8 Å². The minimum absolute atomic E-state index is 0.00785. The molecule has 1 aromatic heterocycles. The summed E-state index contributed by atoms with van der Waals surface area (Å²) < 4.78 is 57.6. The molecular weight excluding hydrogens is 565 g/mol. The van der Waals surface area contributed by atoms with Crippen LogP contribution in [0.1, 0.15) is 16.1 Å². The van der Waals surface area contributed by atoms with Gasteiger partial charge >= 0.3 is 12.1 Å². The van der Waals surface area contributed by atoms with Crippen LogP contribution in [0, 0.1) is 0 Å². The largest absolute Gasteiger partial charge is 0.453 e. The number of alkyl halides is 3. The van der Waals surface area contributed by atoms with Crippen LogP contribution in [-0.4, -0.2) is 5.97 Å². The third-order valence-corrected chi connectivity index (χ3v) is 6.22. The van der Waals surface area contributed by atoms with Crippen molar-refractivity contribution in [3.63, 3.8) is 0 Å². The zero-order valence-corrected chi connectivity index (χ0v) is 20.9. The molecule has 0 atom stereocenters. The van der Waals surface area contributed by atoms with E-state index in [1.54, 1.807) is 42.5 Å². The number of rotatable bonds is 5. The summed E-state index contributed by atoms with van der Waals surface area (Å²) in [6, 6.07) is 26.0. The molecule has 4 aromatic carbocycles. The highest BCUT2D eigenvalue weighted by atomic mass is 79.9. The van der Waals surface area contributed by atoms with Gasteiger partial charge in [-0.1, -0.05) is 54.6 Å². The zero-order chi connectivity index (χ0) is 26.9. The van der Waals surface area contributed by atoms with E-state index in [1.165, 1.54) is 18.2 Å². The van der Waals surface area contributed by atoms with Crippen LogP contribution in [0.3, 0.4) is 0 Å². The van der Waals surface area contributed by atoms with Gasteiger partial charge in [-0.25, -0.2) is 4.79 Å². The fourth-order valence-corrected chi connectivity index (χ4v) is 4.10. The molecule has 9 heteroatoms. The Bertz CT molecular complexity index is 1690. The van der Waals surface area contributed by atoms with Crippen LogP contribution in [0.15, 0.2) is 111 Å². The summed E-state index contributed by atoms with van der Waals surface area (Å²) >= 11 is 3.18. The number of hydrogen-bond donors (Lipinski definition) is 0. The lowest BCUT2D eigenvalue weighted by molar-refractivity contribution is -0.154. The van der Waals surface area contributed by atoms with Gasteiger partial charge in [0.05, 0.1) is 15.4 Å². The smallest absolute Gasteiger partial charge is 0.448 e. The second kappa shape index (κ2) is 10.2. The molecule has 0 amide bonds. The van der Waals surface area contributed by atoms with Gasteiger partial charge in [0, 0.05) is 6.07 Å². The third kappa shape index (κ3) is 5.19. The Hall–Kier alpha value is -4.37.